The van der Waals surface area contributed by atoms with E-state index in [1.54, 1.807) is 74.5 Å². The first-order valence-corrected chi connectivity index (χ1v) is 42.1. The maximum absolute atomic E-state index is 13.7. The summed E-state index contributed by atoms with van der Waals surface area (Å²) in [6, 6.07) is 61.2. The summed E-state index contributed by atoms with van der Waals surface area (Å²) in [6.07, 6.45) is 10.9. The van der Waals surface area contributed by atoms with Crippen LogP contribution in [0, 0.1) is 192 Å². The number of pyridine rings is 2. The molecule has 0 aliphatic heterocycles. The van der Waals surface area contributed by atoms with E-state index in [1.165, 1.54) is 94.8 Å². The molecule has 0 unspecified atom stereocenters. The number of anilines is 4. The van der Waals surface area contributed by atoms with Crippen molar-refractivity contribution in [3.8, 4) is 93.7 Å². The SMILES string of the molecule is C#CCC/C(O)=C(\C#N)C(=O)Nc1ccc(C)c(C)c1.C#CCC/C(O)=C(\C#N)C(=O)Nc1ccc(C)c(C)c1.C/C(O)=C(\C#N)C(=O)Nc1ccc(C)c(C)c1.C/C(O)=C(\C#N)C(=O)Nc1ccc(C)c(C)c1.Cc1cc(C)c(-c2ccc(-c3nc4ccc(F)cc4c(C(=O)O)c3C)cc2)c(C)c1.Cc1ccc(C)c(-c2ccc(-c3nc4ccc(F)cc4c(C(=O)O)c3C)cc2)c1C. The van der Waals surface area contributed by atoms with Gasteiger partial charge in [-0.1, -0.05) is 103 Å². The van der Waals surface area contributed by atoms with Crippen molar-refractivity contribution in [3.63, 3.8) is 0 Å². The van der Waals surface area contributed by atoms with Gasteiger partial charge in [0.25, 0.3) is 23.6 Å². The van der Waals surface area contributed by atoms with Crippen molar-refractivity contribution in [2.45, 2.75) is 150 Å². The Morgan fingerprint density at radius 1 is 0.328 bits per heavy atom. The third-order valence-corrected chi connectivity index (χ3v) is 22.1. The summed E-state index contributed by atoms with van der Waals surface area (Å²) in [7, 11) is 0. The lowest BCUT2D eigenvalue weighted by Crippen LogP contribution is -2.15. The van der Waals surface area contributed by atoms with Crippen molar-refractivity contribution in [3.05, 3.63) is 339 Å². The van der Waals surface area contributed by atoms with Gasteiger partial charge < -0.3 is 51.9 Å². The van der Waals surface area contributed by atoms with Crippen LogP contribution in [0.2, 0.25) is 0 Å². The molecule has 2 heterocycles. The van der Waals surface area contributed by atoms with E-state index < -0.39 is 47.2 Å². The van der Waals surface area contributed by atoms with Gasteiger partial charge >= 0.3 is 11.9 Å². The first-order valence-electron chi connectivity index (χ1n) is 42.1. The highest BCUT2D eigenvalue weighted by atomic mass is 19.1. The zero-order chi connectivity index (χ0) is 99.4. The summed E-state index contributed by atoms with van der Waals surface area (Å²) in [6.45, 7) is 34.3. The Labute approximate surface area is 779 Å². The molecule has 22 nitrogen and oxygen atoms in total. The number of amides is 4. The molecule has 24 heteroatoms. The average molecular weight is 1800 g/mol. The Balaban J connectivity index is 0.000000223. The number of halogens is 2. The fourth-order valence-corrected chi connectivity index (χ4v) is 14.2. The second-order valence-electron chi connectivity index (χ2n) is 31.9. The topological polar surface area (TPSA) is 393 Å². The van der Waals surface area contributed by atoms with E-state index >= 15 is 0 Å². The first-order chi connectivity index (χ1) is 63.4. The van der Waals surface area contributed by atoms with Gasteiger partial charge in [-0.2, -0.15) is 21.0 Å². The van der Waals surface area contributed by atoms with Crippen molar-refractivity contribution in [2.75, 3.05) is 21.3 Å². The molecule has 12 rings (SSSR count). The maximum Gasteiger partial charge on any atom is 0.336 e. The van der Waals surface area contributed by atoms with Crippen molar-refractivity contribution < 1.29 is 68.2 Å². The number of nitriles is 4. The quantitative estimate of drug-likeness (QED) is 0.0165. The Morgan fingerprint density at radius 3 is 0.896 bits per heavy atom. The number of aliphatic hydroxyl groups is 4. The minimum absolute atomic E-state index is 0.0869. The van der Waals surface area contributed by atoms with Crippen LogP contribution >= 0.6 is 0 Å². The molecular weight excluding hydrogens is 1690 g/mol. The number of terminal acetylenes is 2. The molecule has 0 saturated heterocycles. The Bertz CT molecular complexity index is 6780. The molecule has 680 valence electrons. The molecular formula is C110H104F2N10O12. The number of carboxylic acids is 2. The number of nitrogens with one attached hydrogen (secondary N) is 4. The molecule has 0 radical (unpaired) electrons. The highest BCUT2D eigenvalue weighted by Crippen LogP contribution is 2.37. The molecule has 10 aromatic carbocycles. The van der Waals surface area contributed by atoms with Crippen molar-refractivity contribution in [1.82, 2.24) is 9.97 Å². The molecule has 0 spiro atoms. The molecule has 0 atom stereocenters. The summed E-state index contributed by atoms with van der Waals surface area (Å²) < 4.78 is 27.4. The standard InChI is InChI=1S/2C26H22FNO2.2C16H16N2O2.2C13H14N2O2/c1-14-11-15(2)23(16(3)12-14)18-5-7-19(8-6-18)25-17(4)24(26(29)30)21-13-20(27)9-10-22(21)28-25;1-14-5-6-15(2)23(16(14)3)18-7-9-19(10-8-18)25-17(4)24(26(29)30)21-13-20(27)11-12-22(21)28-25;2*1-4-5-6-15(19)14(10-17)16(20)18-13-8-7-11(2)12(3)9-13;2*1-8-4-5-11(6-9(8)2)15-13(17)12(7-14)10(3)16/h2*5-13H,1-4H3,(H,29,30);2*1,7-9,19H,5-6H2,2-3H3,(H,18,20);2*4-6,16H,1-3H3,(H,15,17)/b;;2*15-14-;2*12-10-. The number of benzene rings is 10. The number of carbonyl (C=O) groups excluding carboxylic acids is 4. The summed E-state index contributed by atoms with van der Waals surface area (Å²) >= 11 is 0. The van der Waals surface area contributed by atoms with Gasteiger partial charge in [0.1, 0.15) is 58.9 Å². The molecule has 2 aromatic heterocycles. The van der Waals surface area contributed by atoms with Gasteiger partial charge in [-0.3, -0.25) is 19.2 Å². The van der Waals surface area contributed by atoms with Gasteiger partial charge in [-0.25, -0.2) is 28.3 Å². The van der Waals surface area contributed by atoms with Gasteiger partial charge in [0.15, 0.2) is 22.3 Å². The fourth-order valence-electron chi connectivity index (χ4n) is 14.2. The lowest BCUT2D eigenvalue weighted by molar-refractivity contribution is -0.113. The van der Waals surface area contributed by atoms with Crippen LogP contribution in [0.15, 0.2) is 227 Å². The number of hydrogen-bond donors (Lipinski definition) is 10. The molecule has 0 bridgehead atoms. The highest BCUT2D eigenvalue weighted by Gasteiger charge is 2.24. The highest BCUT2D eigenvalue weighted by molar-refractivity contribution is 6.10. The van der Waals surface area contributed by atoms with Gasteiger partial charge in [-0.05, 0) is 315 Å². The Hall–Kier alpha value is -17.1. The molecule has 0 saturated carbocycles. The largest absolute Gasteiger partial charge is 0.511 e. The summed E-state index contributed by atoms with van der Waals surface area (Å²) in [5, 5.41) is 103. The van der Waals surface area contributed by atoms with E-state index in [0.29, 0.717) is 67.1 Å². The fraction of sp³-hybridized carbons (Fsp3) is 0.200. The minimum Gasteiger partial charge on any atom is -0.511 e. The molecule has 0 aliphatic carbocycles. The van der Waals surface area contributed by atoms with Crippen molar-refractivity contribution in [2.24, 2.45) is 0 Å². The lowest BCUT2D eigenvalue weighted by Gasteiger charge is -2.15. The zero-order valence-corrected chi connectivity index (χ0v) is 77.9. The number of allylic oxidation sites excluding steroid dienone is 4. The number of aliphatic hydroxyl groups excluding tert-OH is 4. The number of aryl methyl sites for hydroxylation is 13. The number of rotatable bonds is 18. The van der Waals surface area contributed by atoms with Crippen LogP contribution in [0.4, 0.5) is 31.5 Å². The third-order valence-electron chi connectivity index (χ3n) is 22.1. The zero-order valence-electron chi connectivity index (χ0n) is 77.9. The van der Waals surface area contributed by atoms with Crippen LogP contribution in [0.3, 0.4) is 0 Å². The van der Waals surface area contributed by atoms with E-state index in [0.717, 1.165) is 66.8 Å². The van der Waals surface area contributed by atoms with E-state index in [2.05, 4.69) is 109 Å². The van der Waals surface area contributed by atoms with Crippen LogP contribution in [0.25, 0.3) is 66.6 Å². The summed E-state index contributed by atoms with van der Waals surface area (Å²) in [4.78, 5) is 80.3. The number of carboxylic acid groups (broad SMARTS) is 2. The Morgan fingerprint density at radius 2 is 0.612 bits per heavy atom. The van der Waals surface area contributed by atoms with E-state index in [-0.39, 0.29) is 82.1 Å². The van der Waals surface area contributed by atoms with E-state index in [4.69, 9.17) is 44.1 Å². The maximum atomic E-state index is 13.7. The molecule has 12 aromatic rings. The van der Waals surface area contributed by atoms with E-state index in [9.17, 15) is 58.0 Å². The van der Waals surface area contributed by atoms with Crippen LogP contribution < -0.4 is 21.3 Å². The van der Waals surface area contributed by atoms with Crippen LogP contribution in [-0.2, 0) is 19.2 Å². The summed E-state index contributed by atoms with van der Waals surface area (Å²) in [5.41, 5.74) is 26.8. The second kappa shape index (κ2) is 47.8. The van der Waals surface area contributed by atoms with Crippen molar-refractivity contribution >= 4 is 80.1 Å². The van der Waals surface area contributed by atoms with Crippen molar-refractivity contribution in [1.29, 1.82) is 21.0 Å². The van der Waals surface area contributed by atoms with Gasteiger partial charge in [0.2, 0.25) is 0 Å². The number of nitrogens with zero attached hydrogens (tertiary/aromatic N) is 6. The minimum atomic E-state index is -1.09. The van der Waals surface area contributed by atoms with Gasteiger partial charge in [0, 0.05) is 70.3 Å². The molecule has 0 aliphatic rings. The number of aromatic nitrogens is 2. The van der Waals surface area contributed by atoms with Gasteiger partial charge in [-0.15, -0.1) is 24.7 Å². The number of aromatic carboxylic acids is 2. The predicted molar refractivity (Wildman–Crippen MR) is 524 cm³/mol. The average Bonchev–Trinajstić information content (AvgIpc) is 0.766. The van der Waals surface area contributed by atoms with Crippen LogP contribution in [0.1, 0.15) is 149 Å². The van der Waals surface area contributed by atoms with Gasteiger partial charge in [0.05, 0.1) is 33.5 Å². The lowest BCUT2D eigenvalue weighted by atomic mass is 9.91. The molecule has 0 fully saturated rings. The van der Waals surface area contributed by atoms with Crippen LogP contribution in [0.5, 0.6) is 0 Å². The third kappa shape index (κ3) is 27.3. The first kappa shape index (κ1) is 104. The molecule has 10 N–H and O–H groups in total. The smallest absolute Gasteiger partial charge is 0.336 e. The summed E-state index contributed by atoms with van der Waals surface area (Å²) in [5.74, 6) is -2.05. The molecule has 134 heavy (non-hydrogen) atoms. The normalized spacial score (nSPS) is 11.1. The monoisotopic (exact) mass is 1790 g/mol. The Kier molecular flexibility index (Phi) is 37.1. The number of hydrogen-bond acceptors (Lipinski definition) is 16. The predicted octanol–water partition coefficient (Wildman–Crippen LogP) is 24.5. The number of fused-ring (bicyclic) bond motifs is 2. The second-order valence-corrected chi connectivity index (χ2v) is 31.9. The molecule has 4 amide bonds. The number of carbonyl (C=O) groups is 6. The van der Waals surface area contributed by atoms with Crippen LogP contribution in [-0.4, -0.2) is 76.2 Å². The van der Waals surface area contributed by atoms with E-state index in [1.807, 2.05) is 140 Å².